The predicted molar refractivity (Wildman–Crippen MR) is 72.4 cm³/mol. The lowest BCUT2D eigenvalue weighted by Gasteiger charge is -2.00. The minimum absolute atomic E-state index is 0.508. The van der Waals surface area contributed by atoms with Gasteiger partial charge in [-0.1, -0.05) is 17.3 Å². The van der Waals surface area contributed by atoms with Gasteiger partial charge in [-0.3, -0.25) is 4.98 Å². The van der Waals surface area contributed by atoms with Crippen LogP contribution in [0.15, 0.2) is 47.1 Å². The summed E-state index contributed by atoms with van der Waals surface area (Å²) >= 11 is 0. The third-order valence-electron chi connectivity index (χ3n) is 3.07. The Labute approximate surface area is 111 Å². The number of benzene rings is 1. The van der Waals surface area contributed by atoms with Crippen molar-refractivity contribution in [2.24, 2.45) is 0 Å². The van der Waals surface area contributed by atoms with Crippen LogP contribution in [0.5, 0.6) is 0 Å². The number of nitrogens with zero attached hydrogens (tertiary/aromatic N) is 3. The first kappa shape index (κ1) is 11.6. The average molecular weight is 251 g/mol. The number of pyridine rings is 1. The highest BCUT2D eigenvalue weighted by Crippen LogP contribution is 2.22. The smallest absolute Gasteiger partial charge is 0.258 e. The van der Waals surface area contributed by atoms with E-state index in [0.717, 1.165) is 5.56 Å². The third kappa shape index (κ3) is 2.25. The van der Waals surface area contributed by atoms with Crippen molar-refractivity contribution in [3.63, 3.8) is 0 Å². The second-order valence-electron chi connectivity index (χ2n) is 4.44. The molecule has 0 aliphatic heterocycles. The Morgan fingerprint density at radius 1 is 1.00 bits per heavy atom. The number of aromatic nitrogens is 3. The SMILES string of the molecule is Cc1ccc(-c2nc(-c3ccccn3)no2)cc1C. The summed E-state index contributed by atoms with van der Waals surface area (Å²) in [5, 5.41) is 3.97. The molecule has 0 amide bonds. The quantitative estimate of drug-likeness (QED) is 0.700. The summed E-state index contributed by atoms with van der Waals surface area (Å²) in [6.07, 6.45) is 1.71. The molecule has 3 aromatic rings. The molecule has 19 heavy (non-hydrogen) atoms. The monoisotopic (exact) mass is 251 g/mol. The normalized spacial score (nSPS) is 10.6. The summed E-state index contributed by atoms with van der Waals surface area (Å²) in [6, 6.07) is 11.7. The fraction of sp³-hybridized carbons (Fsp3) is 0.133. The van der Waals surface area contributed by atoms with Crippen molar-refractivity contribution in [2.45, 2.75) is 13.8 Å². The topological polar surface area (TPSA) is 51.8 Å². The van der Waals surface area contributed by atoms with Crippen LogP contribution < -0.4 is 0 Å². The van der Waals surface area contributed by atoms with E-state index in [9.17, 15) is 0 Å². The molecule has 0 aliphatic rings. The molecule has 0 bridgehead atoms. The molecule has 94 valence electrons. The van der Waals surface area contributed by atoms with Gasteiger partial charge in [0, 0.05) is 11.8 Å². The molecule has 0 N–H and O–H groups in total. The Morgan fingerprint density at radius 3 is 2.63 bits per heavy atom. The van der Waals surface area contributed by atoms with Crippen LogP contribution in [0.3, 0.4) is 0 Å². The van der Waals surface area contributed by atoms with Crippen molar-refractivity contribution in [3.8, 4) is 23.0 Å². The maximum atomic E-state index is 5.30. The number of aryl methyl sites for hydroxylation is 2. The first-order valence-corrected chi connectivity index (χ1v) is 6.07. The molecule has 0 atom stereocenters. The van der Waals surface area contributed by atoms with Crippen LogP contribution in [0.25, 0.3) is 23.0 Å². The molecule has 0 unspecified atom stereocenters. The van der Waals surface area contributed by atoms with Crippen molar-refractivity contribution in [2.75, 3.05) is 0 Å². The van der Waals surface area contributed by atoms with Gasteiger partial charge in [-0.15, -0.1) is 0 Å². The second-order valence-corrected chi connectivity index (χ2v) is 4.44. The van der Waals surface area contributed by atoms with Gasteiger partial charge in [0.1, 0.15) is 5.69 Å². The Bertz CT molecular complexity index is 704. The van der Waals surface area contributed by atoms with Crippen molar-refractivity contribution in [1.29, 1.82) is 0 Å². The lowest BCUT2D eigenvalue weighted by molar-refractivity contribution is 0.432. The standard InChI is InChI=1S/C15H13N3O/c1-10-6-7-12(9-11(10)2)15-17-14(18-19-15)13-5-3-4-8-16-13/h3-9H,1-2H3. The Kier molecular flexibility index (Phi) is 2.83. The van der Waals surface area contributed by atoms with Gasteiger partial charge in [-0.25, -0.2) is 0 Å². The van der Waals surface area contributed by atoms with Crippen molar-refractivity contribution >= 4 is 0 Å². The molecular weight excluding hydrogens is 238 g/mol. The Morgan fingerprint density at radius 2 is 1.89 bits per heavy atom. The van der Waals surface area contributed by atoms with E-state index in [0.29, 0.717) is 17.4 Å². The minimum Gasteiger partial charge on any atom is -0.334 e. The largest absolute Gasteiger partial charge is 0.334 e. The second kappa shape index (κ2) is 4.65. The van der Waals surface area contributed by atoms with Gasteiger partial charge in [0.05, 0.1) is 0 Å². The average Bonchev–Trinajstić information content (AvgIpc) is 2.93. The molecule has 1 aromatic carbocycles. The lowest BCUT2D eigenvalue weighted by atomic mass is 10.1. The number of hydrogen-bond acceptors (Lipinski definition) is 4. The summed E-state index contributed by atoms with van der Waals surface area (Å²) in [5.74, 6) is 1.03. The molecule has 2 aromatic heterocycles. The van der Waals surface area contributed by atoms with E-state index in [1.165, 1.54) is 11.1 Å². The molecule has 4 heteroatoms. The predicted octanol–water partition coefficient (Wildman–Crippen LogP) is 3.42. The fourth-order valence-corrected chi connectivity index (χ4v) is 1.81. The van der Waals surface area contributed by atoms with Gasteiger partial charge in [0.25, 0.3) is 5.89 Å². The van der Waals surface area contributed by atoms with Crippen LogP contribution in [0, 0.1) is 13.8 Å². The zero-order valence-electron chi connectivity index (χ0n) is 10.8. The van der Waals surface area contributed by atoms with Gasteiger partial charge < -0.3 is 4.52 Å². The molecule has 4 nitrogen and oxygen atoms in total. The van der Waals surface area contributed by atoms with E-state index in [4.69, 9.17) is 4.52 Å². The highest BCUT2D eigenvalue weighted by Gasteiger charge is 2.11. The van der Waals surface area contributed by atoms with Crippen LogP contribution in [0.2, 0.25) is 0 Å². The minimum atomic E-state index is 0.508. The zero-order chi connectivity index (χ0) is 13.2. The summed E-state index contributed by atoms with van der Waals surface area (Å²) in [7, 11) is 0. The molecule has 0 fully saturated rings. The molecule has 0 aliphatic carbocycles. The van der Waals surface area contributed by atoms with Gasteiger partial charge in [0.2, 0.25) is 5.82 Å². The summed E-state index contributed by atoms with van der Waals surface area (Å²) in [5.41, 5.74) is 4.09. The zero-order valence-corrected chi connectivity index (χ0v) is 10.8. The third-order valence-corrected chi connectivity index (χ3v) is 3.07. The van der Waals surface area contributed by atoms with Gasteiger partial charge in [0.15, 0.2) is 0 Å². The molecular formula is C15H13N3O. The van der Waals surface area contributed by atoms with Crippen molar-refractivity contribution < 1.29 is 4.52 Å². The van der Waals surface area contributed by atoms with E-state index < -0.39 is 0 Å². The lowest BCUT2D eigenvalue weighted by Crippen LogP contribution is -1.85. The van der Waals surface area contributed by atoms with E-state index >= 15 is 0 Å². The Balaban J connectivity index is 1.99. The molecule has 2 heterocycles. The molecule has 3 rings (SSSR count). The van der Waals surface area contributed by atoms with Gasteiger partial charge >= 0.3 is 0 Å². The van der Waals surface area contributed by atoms with E-state index in [-0.39, 0.29) is 0 Å². The maximum Gasteiger partial charge on any atom is 0.258 e. The summed E-state index contributed by atoms with van der Waals surface area (Å²) in [4.78, 5) is 8.58. The molecule has 0 radical (unpaired) electrons. The van der Waals surface area contributed by atoms with Crippen molar-refractivity contribution in [1.82, 2.24) is 15.1 Å². The molecule has 0 saturated carbocycles. The summed E-state index contributed by atoms with van der Waals surface area (Å²) < 4.78 is 5.30. The van der Waals surface area contributed by atoms with E-state index in [1.54, 1.807) is 6.20 Å². The first-order valence-electron chi connectivity index (χ1n) is 6.07. The van der Waals surface area contributed by atoms with Crippen LogP contribution >= 0.6 is 0 Å². The maximum absolute atomic E-state index is 5.30. The van der Waals surface area contributed by atoms with Crippen LogP contribution in [0.4, 0.5) is 0 Å². The highest BCUT2D eigenvalue weighted by molar-refractivity contribution is 5.58. The highest BCUT2D eigenvalue weighted by atomic mass is 16.5. The van der Waals surface area contributed by atoms with Crippen LogP contribution in [-0.4, -0.2) is 15.1 Å². The van der Waals surface area contributed by atoms with Crippen LogP contribution in [0.1, 0.15) is 11.1 Å². The van der Waals surface area contributed by atoms with Gasteiger partial charge in [-0.2, -0.15) is 4.98 Å². The van der Waals surface area contributed by atoms with E-state index in [1.807, 2.05) is 30.3 Å². The molecule has 0 saturated heterocycles. The fourth-order valence-electron chi connectivity index (χ4n) is 1.81. The van der Waals surface area contributed by atoms with Crippen molar-refractivity contribution in [3.05, 3.63) is 53.7 Å². The van der Waals surface area contributed by atoms with Gasteiger partial charge in [-0.05, 0) is 49.2 Å². The van der Waals surface area contributed by atoms with Crippen LogP contribution in [-0.2, 0) is 0 Å². The first-order chi connectivity index (χ1) is 9.24. The van der Waals surface area contributed by atoms with E-state index in [2.05, 4.69) is 35.0 Å². The summed E-state index contributed by atoms with van der Waals surface area (Å²) in [6.45, 7) is 4.14. The number of hydrogen-bond donors (Lipinski definition) is 0. The molecule has 0 spiro atoms. The number of rotatable bonds is 2. The Hall–Kier alpha value is -2.49.